The molecule has 2 heteroatoms. The molecule has 0 aliphatic heterocycles. The van der Waals surface area contributed by atoms with E-state index in [1.54, 1.807) is 0 Å². The molecular formula is C67H44N2. The molecule has 0 bridgehead atoms. The van der Waals surface area contributed by atoms with E-state index in [-0.39, 0.29) is 0 Å². The summed E-state index contributed by atoms with van der Waals surface area (Å²) in [4.78, 5) is 2.47. The Hall–Kier alpha value is -8.98. The summed E-state index contributed by atoms with van der Waals surface area (Å²) >= 11 is 0. The zero-order chi connectivity index (χ0) is 45.5. The number of hydrogen-bond donors (Lipinski definition) is 0. The van der Waals surface area contributed by atoms with Crippen LogP contribution in [-0.2, 0) is 5.41 Å². The zero-order valence-electron chi connectivity index (χ0n) is 37.8. The van der Waals surface area contributed by atoms with Crippen molar-refractivity contribution in [1.29, 1.82) is 0 Å². The van der Waals surface area contributed by atoms with Crippen LogP contribution in [0.5, 0.6) is 0 Å². The summed E-state index contributed by atoms with van der Waals surface area (Å²) in [5, 5.41) is 2.51. The second-order valence-electron chi connectivity index (χ2n) is 18.4. The van der Waals surface area contributed by atoms with Crippen LogP contribution in [0.25, 0.3) is 83.1 Å². The average molecular weight is 877 g/mol. The minimum Gasteiger partial charge on any atom is -0.310 e. The predicted molar refractivity (Wildman–Crippen MR) is 288 cm³/mol. The normalized spacial score (nSPS) is 12.8. The summed E-state index contributed by atoms with van der Waals surface area (Å²) in [6.45, 7) is 0. The summed E-state index contributed by atoms with van der Waals surface area (Å²) in [5.41, 5.74) is 24.0. The Morgan fingerprint density at radius 1 is 0.275 bits per heavy atom. The zero-order valence-corrected chi connectivity index (χ0v) is 37.8. The van der Waals surface area contributed by atoms with E-state index in [1.807, 2.05) is 0 Å². The van der Waals surface area contributed by atoms with Gasteiger partial charge in [0.15, 0.2) is 0 Å². The molecule has 2 nitrogen and oxygen atoms in total. The fourth-order valence-corrected chi connectivity index (χ4v) is 11.8. The molecule has 0 radical (unpaired) electrons. The molecule has 2 aliphatic rings. The van der Waals surface area contributed by atoms with Crippen LogP contribution in [0, 0.1) is 0 Å². The third kappa shape index (κ3) is 5.92. The number of rotatable bonds is 7. The monoisotopic (exact) mass is 876 g/mol. The van der Waals surface area contributed by atoms with Crippen LogP contribution in [0.4, 0.5) is 17.1 Å². The highest BCUT2D eigenvalue weighted by Crippen LogP contribution is 2.63. The van der Waals surface area contributed by atoms with E-state index in [0.29, 0.717) is 0 Å². The van der Waals surface area contributed by atoms with Gasteiger partial charge in [-0.15, -0.1) is 0 Å². The largest absolute Gasteiger partial charge is 0.310 e. The number of benzene rings is 11. The second-order valence-corrected chi connectivity index (χ2v) is 18.4. The van der Waals surface area contributed by atoms with Crippen molar-refractivity contribution in [3.8, 4) is 61.3 Å². The fraction of sp³-hybridized carbons (Fsp3) is 0.0149. The van der Waals surface area contributed by atoms with E-state index >= 15 is 0 Å². The van der Waals surface area contributed by atoms with Crippen LogP contribution in [0.1, 0.15) is 22.3 Å². The number of nitrogens with zero attached hydrogens (tertiary/aromatic N) is 2. The van der Waals surface area contributed by atoms with Crippen LogP contribution < -0.4 is 4.90 Å². The Morgan fingerprint density at radius 2 is 0.739 bits per heavy atom. The van der Waals surface area contributed by atoms with E-state index in [0.717, 1.165) is 33.9 Å². The van der Waals surface area contributed by atoms with E-state index in [9.17, 15) is 0 Å². The lowest BCUT2D eigenvalue weighted by Gasteiger charge is -2.32. The first-order chi connectivity index (χ1) is 34.2. The van der Waals surface area contributed by atoms with Gasteiger partial charge in [0.2, 0.25) is 0 Å². The molecular weight excluding hydrogens is 833 g/mol. The summed E-state index contributed by atoms with van der Waals surface area (Å²) in [6.07, 6.45) is 0. The van der Waals surface area contributed by atoms with Crippen molar-refractivity contribution in [1.82, 2.24) is 4.57 Å². The van der Waals surface area contributed by atoms with Gasteiger partial charge in [-0.25, -0.2) is 0 Å². The van der Waals surface area contributed by atoms with Crippen LogP contribution in [0.15, 0.2) is 267 Å². The summed E-state index contributed by atoms with van der Waals surface area (Å²) in [7, 11) is 0. The number of fused-ring (bicyclic) bond motifs is 13. The molecule has 69 heavy (non-hydrogen) atoms. The molecule has 2 aliphatic carbocycles. The second kappa shape index (κ2) is 15.6. The van der Waals surface area contributed by atoms with Gasteiger partial charge in [-0.1, -0.05) is 212 Å². The molecule has 0 N–H and O–H groups in total. The van der Waals surface area contributed by atoms with Crippen LogP contribution in [0.3, 0.4) is 0 Å². The molecule has 0 fully saturated rings. The van der Waals surface area contributed by atoms with Gasteiger partial charge in [0.1, 0.15) is 0 Å². The Balaban J connectivity index is 0.924. The molecule has 0 atom stereocenters. The van der Waals surface area contributed by atoms with Gasteiger partial charge in [0.25, 0.3) is 0 Å². The first-order valence-electron chi connectivity index (χ1n) is 23.9. The van der Waals surface area contributed by atoms with Crippen molar-refractivity contribution in [2.75, 3.05) is 4.90 Å². The first-order valence-corrected chi connectivity index (χ1v) is 23.9. The lowest BCUT2D eigenvalue weighted by molar-refractivity contribution is 0.793. The van der Waals surface area contributed by atoms with E-state index < -0.39 is 5.41 Å². The van der Waals surface area contributed by atoms with Gasteiger partial charge in [0.05, 0.1) is 22.1 Å². The van der Waals surface area contributed by atoms with E-state index in [1.165, 1.54) is 88.6 Å². The minimum atomic E-state index is -0.453. The molecule has 0 saturated carbocycles. The smallest absolute Gasteiger partial charge is 0.0726 e. The maximum Gasteiger partial charge on any atom is 0.0726 e. The Labute approximate surface area is 402 Å². The van der Waals surface area contributed by atoms with E-state index in [2.05, 4.69) is 276 Å². The fourth-order valence-electron chi connectivity index (χ4n) is 11.8. The highest BCUT2D eigenvalue weighted by atomic mass is 15.1. The first kappa shape index (κ1) is 39.2. The quantitative estimate of drug-likeness (QED) is 0.155. The lowest BCUT2D eigenvalue weighted by Crippen LogP contribution is -2.26. The van der Waals surface area contributed by atoms with E-state index in [4.69, 9.17) is 0 Å². The van der Waals surface area contributed by atoms with Gasteiger partial charge in [-0.05, 0) is 127 Å². The lowest BCUT2D eigenvalue weighted by atomic mass is 9.70. The summed E-state index contributed by atoms with van der Waals surface area (Å²) in [6, 6.07) is 98.5. The van der Waals surface area contributed by atoms with Crippen molar-refractivity contribution >= 4 is 38.9 Å². The molecule has 0 unspecified atom stereocenters. The van der Waals surface area contributed by atoms with Crippen molar-refractivity contribution in [2.24, 2.45) is 0 Å². The van der Waals surface area contributed by atoms with Gasteiger partial charge < -0.3 is 9.47 Å². The molecule has 11 aromatic carbocycles. The molecule has 1 heterocycles. The third-order valence-electron chi connectivity index (χ3n) is 14.8. The third-order valence-corrected chi connectivity index (χ3v) is 14.8. The minimum absolute atomic E-state index is 0.453. The Kier molecular flexibility index (Phi) is 8.84. The Bertz CT molecular complexity index is 3870. The Morgan fingerprint density at radius 3 is 1.42 bits per heavy atom. The van der Waals surface area contributed by atoms with Crippen LogP contribution in [-0.4, -0.2) is 4.57 Å². The summed E-state index contributed by atoms with van der Waals surface area (Å²) in [5.74, 6) is 0. The number of aromatic nitrogens is 1. The highest BCUT2D eigenvalue weighted by Gasteiger charge is 2.51. The standard InChI is InChI=1S/C67H44N2/c1-3-17-45(18-4-1)46-35-38-51(39-36-46)68(52-40-42-57-56-24-9-14-28-62(56)67(63(57)44-52)60-26-12-7-22-54(60)55-23-8-13-27-61(55)67)64-29-15-10-21-53(64)48-33-31-47(32-34-48)49-37-41-59-58-25-11-16-30-65(58)69(66(59)43-49)50-19-5-2-6-20-50/h1-44H. The van der Waals surface area contributed by atoms with Gasteiger partial charge in [-0.2, -0.15) is 0 Å². The molecule has 0 saturated heterocycles. The van der Waals surface area contributed by atoms with Crippen molar-refractivity contribution in [3.63, 3.8) is 0 Å². The highest BCUT2D eigenvalue weighted by molar-refractivity contribution is 6.10. The maximum atomic E-state index is 2.49. The average Bonchev–Trinajstić information content (AvgIpc) is 4.03. The van der Waals surface area contributed by atoms with Crippen molar-refractivity contribution in [2.45, 2.75) is 5.41 Å². The number of hydrogen-bond acceptors (Lipinski definition) is 1. The molecule has 12 aromatic rings. The maximum absolute atomic E-state index is 2.49. The molecule has 14 rings (SSSR count). The van der Waals surface area contributed by atoms with Crippen LogP contribution in [0.2, 0.25) is 0 Å². The topological polar surface area (TPSA) is 8.17 Å². The molecule has 1 spiro atoms. The van der Waals surface area contributed by atoms with Gasteiger partial charge in [-0.3, -0.25) is 0 Å². The molecule has 0 amide bonds. The van der Waals surface area contributed by atoms with Crippen LogP contribution >= 0.6 is 0 Å². The predicted octanol–water partition coefficient (Wildman–Crippen LogP) is 17.6. The summed E-state index contributed by atoms with van der Waals surface area (Å²) < 4.78 is 2.39. The number of para-hydroxylation sites is 3. The van der Waals surface area contributed by atoms with Crippen molar-refractivity contribution in [3.05, 3.63) is 289 Å². The van der Waals surface area contributed by atoms with Gasteiger partial charge >= 0.3 is 0 Å². The van der Waals surface area contributed by atoms with Gasteiger partial charge in [0, 0.05) is 33.4 Å². The molecule has 322 valence electrons. The van der Waals surface area contributed by atoms with Crippen molar-refractivity contribution < 1.29 is 0 Å². The SMILES string of the molecule is c1ccc(-c2ccc(N(c3ccc4c(c3)C3(c5ccccc5-c5ccccc53)c3ccccc3-4)c3ccccc3-c3ccc(-c4ccc5c6ccccc6n(-c6ccccc6)c5c4)cc3)cc2)cc1. The number of anilines is 3. The molecule has 1 aromatic heterocycles.